The second-order valence-corrected chi connectivity index (χ2v) is 3.81. The summed E-state index contributed by atoms with van der Waals surface area (Å²) in [4.78, 5) is 10.4. The summed E-state index contributed by atoms with van der Waals surface area (Å²) >= 11 is 0. The minimum Gasteiger partial charge on any atom is -0.378 e. The van der Waals surface area contributed by atoms with E-state index < -0.39 is 0 Å². The van der Waals surface area contributed by atoms with Crippen molar-refractivity contribution >= 4 is 11.8 Å². The van der Waals surface area contributed by atoms with E-state index in [1.807, 2.05) is 6.08 Å². The molecule has 0 radical (unpaired) electrons. The topological polar surface area (TPSA) is 64.4 Å². The van der Waals surface area contributed by atoms with Crippen molar-refractivity contribution in [1.82, 2.24) is 5.32 Å². The molecule has 1 N–H and O–H groups in total. The molecule has 1 saturated heterocycles. The molecule has 0 bridgehead atoms. The molecule has 5 nitrogen and oxygen atoms in total. The van der Waals surface area contributed by atoms with Crippen molar-refractivity contribution < 1.29 is 9.66 Å². The molecule has 17 heavy (non-hydrogen) atoms. The van der Waals surface area contributed by atoms with Crippen molar-refractivity contribution in [3.63, 3.8) is 0 Å². The molecule has 1 aliphatic rings. The van der Waals surface area contributed by atoms with E-state index in [1.165, 1.54) is 6.07 Å². The molecule has 1 atom stereocenters. The van der Waals surface area contributed by atoms with Gasteiger partial charge in [-0.05, 0) is 6.07 Å². The van der Waals surface area contributed by atoms with Crippen LogP contribution in [0.5, 0.6) is 0 Å². The minimum absolute atomic E-state index is 0.125. The lowest BCUT2D eigenvalue weighted by atomic mass is 10.1. The maximum atomic E-state index is 10.8. The van der Waals surface area contributed by atoms with E-state index in [-0.39, 0.29) is 16.7 Å². The van der Waals surface area contributed by atoms with Crippen LogP contribution in [0.2, 0.25) is 0 Å². The fourth-order valence-electron chi connectivity index (χ4n) is 1.72. The molecule has 0 amide bonds. The Labute approximate surface area is 99.2 Å². The Morgan fingerprint density at radius 3 is 3.00 bits per heavy atom. The summed E-state index contributed by atoms with van der Waals surface area (Å²) in [5.74, 6) is 0. The Hall–Kier alpha value is -1.72. The maximum absolute atomic E-state index is 10.8. The van der Waals surface area contributed by atoms with Gasteiger partial charge in [0.05, 0.1) is 23.7 Å². The molecule has 1 aliphatic heterocycles. The highest BCUT2D eigenvalue weighted by molar-refractivity contribution is 5.61. The highest BCUT2D eigenvalue weighted by Crippen LogP contribution is 2.19. The lowest BCUT2D eigenvalue weighted by Crippen LogP contribution is -2.39. The van der Waals surface area contributed by atoms with Crippen LogP contribution in [0.4, 0.5) is 5.69 Å². The smallest absolute Gasteiger partial charge is 0.276 e. The van der Waals surface area contributed by atoms with E-state index in [0.29, 0.717) is 12.2 Å². The Morgan fingerprint density at radius 1 is 1.47 bits per heavy atom. The van der Waals surface area contributed by atoms with E-state index in [0.717, 1.165) is 13.2 Å². The second-order valence-electron chi connectivity index (χ2n) is 3.81. The summed E-state index contributed by atoms with van der Waals surface area (Å²) in [6, 6.07) is 6.82. The van der Waals surface area contributed by atoms with Gasteiger partial charge < -0.3 is 10.1 Å². The number of hydrogen-bond donors (Lipinski definition) is 1. The SMILES string of the molecule is O=[N+]([O-])c1ccccc1/C=C/C1COCCN1. The number of nitrogens with one attached hydrogen (secondary N) is 1. The van der Waals surface area contributed by atoms with E-state index >= 15 is 0 Å². The fraction of sp³-hybridized carbons (Fsp3) is 0.333. The lowest BCUT2D eigenvalue weighted by molar-refractivity contribution is -0.385. The number of benzene rings is 1. The Morgan fingerprint density at radius 2 is 2.29 bits per heavy atom. The molecule has 0 saturated carbocycles. The quantitative estimate of drug-likeness (QED) is 0.637. The van der Waals surface area contributed by atoms with E-state index in [1.54, 1.807) is 24.3 Å². The molecule has 1 unspecified atom stereocenters. The summed E-state index contributed by atoms with van der Waals surface area (Å²) < 4.78 is 5.30. The second kappa shape index (κ2) is 5.56. The molecule has 1 heterocycles. The molecular formula is C12H14N2O3. The first-order valence-corrected chi connectivity index (χ1v) is 5.50. The van der Waals surface area contributed by atoms with Gasteiger partial charge in [0.15, 0.2) is 0 Å². The van der Waals surface area contributed by atoms with Gasteiger partial charge in [-0.3, -0.25) is 10.1 Å². The fourth-order valence-corrected chi connectivity index (χ4v) is 1.72. The Balaban J connectivity index is 2.11. The molecule has 0 aromatic heterocycles. The lowest BCUT2D eigenvalue weighted by Gasteiger charge is -2.20. The van der Waals surface area contributed by atoms with Crippen molar-refractivity contribution in [2.45, 2.75) is 6.04 Å². The standard InChI is InChI=1S/C12H14N2O3/c15-14(16)12-4-2-1-3-10(12)5-6-11-9-17-8-7-13-11/h1-6,11,13H,7-9H2/b6-5+. The third-order valence-corrected chi connectivity index (χ3v) is 2.59. The maximum Gasteiger partial charge on any atom is 0.276 e. The zero-order valence-corrected chi connectivity index (χ0v) is 9.33. The van der Waals surface area contributed by atoms with Crippen molar-refractivity contribution in [2.24, 2.45) is 0 Å². The molecule has 1 aromatic rings. The van der Waals surface area contributed by atoms with Gasteiger partial charge in [0.25, 0.3) is 5.69 Å². The molecule has 1 aromatic carbocycles. The summed E-state index contributed by atoms with van der Waals surface area (Å²) in [5, 5.41) is 14.1. The first-order valence-electron chi connectivity index (χ1n) is 5.50. The summed E-state index contributed by atoms with van der Waals surface area (Å²) in [6.07, 6.45) is 3.67. The molecule has 5 heteroatoms. The number of para-hydroxylation sites is 1. The molecule has 0 aliphatic carbocycles. The van der Waals surface area contributed by atoms with E-state index in [2.05, 4.69) is 5.32 Å². The van der Waals surface area contributed by atoms with Crippen LogP contribution in [0.15, 0.2) is 30.3 Å². The average Bonchev–Trinajstić information content (AvgIpc) is 2.38. The zero-order valence-electron chi connectivity index (χ0n) is 9.33. The van der Waals surface area contributed by atoms with Crippen LogP contribution in [0.3, 0.4) is 0 Å². The number of morpholine rings is 1. The zero-order chi connectivity index (χ0) is 12.1. The highest BCUT2D eigenvalue weighted by atomic mass is 16.6. The Kier molecular flexibility index (Phi) is 3.85. The van der Waals surface area contributed by atoms with Gasteiger partial charge in [-0.2, -0.15) is 0 Å². The van der Waals surface area contributed by atoms with Crippen LogP contribution in [0.25, 0.3) is 6.08 Å². The van der Waals surface area contributed by atoms with Crippen molar-refractivity contribution in [3.8, 4) is 0 Å². The number of ether oxygens (including phenoxy) is 1. The first-order chi connectivity index (χ1) is 8.27. The monoisotopic (exact) mass is 234 g/mol. The van der Waals surface area contributed by atoms with Gasteiger partial charge in [0, 0.05) is 18.7 Å². The highest BCUT2D eigenvalue weighted by Gasteiger charge is 2.12. The predicted octanol–water partition coefficient (Wildman–Crippen LogP) is 1.60. The summed E-state index contributed by atoms with van der Waals surface area (Å²) in [5.41, 5.74) is 0.741. The molecular weight excluding hydrogens is 220 g/mol. The molecule has 2 rings (SSSR count). The molecule has 90 valence electrons. The van der Waals surface area contributed by atoms with Crippen molar-refractivity contribution in [3.05, 3.63) is 46.0 Å². The number of nitro benzene ring substituents is 1. The summed E-state index contributed by atoms with van der Waals surface area (Å²) in [7, 11) is 0. The summed E-state index contributed by atoms with van der Waals surface area (Å²) in [6.45, 7) is 2.14. The van der Waals surface area contributed by atoms with Gasteiger partial charge in [-0.1, -0.05) is 24.3 Å². The van der Waals surface area contributed by atoms with Crippen molar-refractivity contribution in [1.29, 1.82) is 0 Å². The van der Waals surface area contributed by atoms with Gasteiger partial charge >= 0.3 is 0 Å². The minimum atomic E-state index is -0.371. The number of nitrogens with zero attached hydrogens (tertiary/aromatic N) is 1. The van der Waals surface area contributed by atoms with Gasteiger partial charge in [0.1, 0.15) is 0 Å². The number of nitro groups is 1. The van der Waals surface area contributed by atoms with Crippen LogP contribution in [0, 0.1) is 10.1 Å². The average molecular weight is 234 g/mol. The van der Waals surface area contributed by atoms with E-state index in [9.17, 15) is 10.1 Å². The van der Waals surface area contributed by atoms with Gasteiger partial charge in [-0.25, -0.2) is 0 Å². The van der Waals surface area contributed by atoms with Crippen LogP contribution < -0.4 is 5.32 Å². The van der Waals surface area contributed by atoms with E-state index in [4.69, 9.17) is 4.74 Å². The van der Waals surface area contributed by atoms with Crippen LogP contribution >= 0.6 is 0 Å². The number of hydrogen-bond acceptors (Lipinski definition) is 4. The molecule has 0 spiro atoms. The van der Waals surface area contributed by atoms with Crippen molar-refractivity contribution in [2.75, 3.05) is 19.8 Å². The largest absolute Gasteiger partial charge is 0.378 e. The van der Waals surface area contributed by atoms with Gasteiger partial charge in [0.2, 0.25) is 0 Å². The normalized spacial score (nSPS) is 20.6. The van der Waals surface area contributed by atoms with Crippen LogP contribution in [0.1, 0.15) is 5.56 Å². The third-order valence-electron chi connectivity index (χ3n) is 2.59. The predicted molar refractivity (Wildman–Crippen MR) is 64.7 cm³/mol. The third kappa shape index (κ3) is 3.12. The molecule has 1 fully saturated rings. The van der Waals surface area contributed by atoms with Crippen LogP contribution in [-0.2, 0) is 4.74 Å². The van der Waals surface area contributed by atoms with Gasteiger partial charge in [-0.15, -0.1) is 0 Å². The number of rotatable bonds is 3. The first kappa shape index (κ1) is 11.8. The van der Waals surface area contributed by atoms with Crippen LogP contribution in [-0.4, -0.2) is 30.7 Å². The Bertz CT molecular complexity index is 426.